The van der Waals surface area contributed by atoms with Crippen LogP contribution in [0.25, 0.3) is 10.9 Å². The van der Waals surface area contributed by atoms with Crippen LogP contribution < -0.4 is 0 Å². The quantitative estimate of drug-likeness (QED) is 0.496. The average Bonchev–Trinajstić information content (AvgIpc) is 3.34. The normalized spacial score (nSPS) is 11.1. The number of hydrogen-bond donors (Lipinski definition) is 1. The van der Waals surface area contributed by atoms with Gasteiger partial charge in [0.1, 0.15) is 5.82 Å². The van der Waals surface area contributed by atoms with Gasteiger partial charge in [0.05, 0.1) is 13.0 Å². The predicted octanol–water partition coefficient (Wildman–Crippen LogP) is 4.11. The minimum absolute atomic E-state index is 0.130. The van der Waals surface area contributed by atoms with Crippen molar-refractivity contribution >= 4 is 16.8 Å². The van der Waals surface area contributed by atoms with E-state index in [0.717, 1.165) is 35.1 Å². The molecule has 148 valence electrons. The molecule has 0 bridgehead atoms. The molecule has 0 atom stereocenters. The van der Waals surface area contributed by atoms with Crippen molar-refractivity contribution in [2.75, 3.05) is 6.54 Å². The zero-order valence-electron chi connectivity index (χ0n) is 16.7. The third kappa shape index (κ3) is 4.57. The smallest absolute Gasteiger partial charge is 0.227 e. The van der Waals surface area contributed by atoms with E-state index in [1.807, 2.05) is 53.2 Å². The summed E-state index contributed by atoms with van der Waals surface area (Å²) in [4.78, 5) is 22.8. The number of amides is 1. The molecular weight excluding hydrogens is 360 g/mol. The number of carbonyl (C=O) groups excluding carboxylic acids is 1. The molecule has 0 spiro atoms. The van der Waals surface area contributed by atoms with Gasteiger partial charge in [0.25, 0.3) is 0 Å². The van der Waals surface area contributed by atoms with Crippen LogP contribution in [-0.2, 0) is 31.2 Å². The van der Waals surface area contributed by atoms with Crippen molar-refractivity contribution in [1.82, 2.24) is 19.4 Å². The molecule has 5 heteroatoms. The summed E-state index contributed by atoms with van der Waals surface area (Å²) in [7, 11) is 1.97. The second-order valence-electron chi connectivity index (χ2n) is 7.40. The van der Waals surface area contributed by atoms with Crippen molar-refractivity contribution in [3.8, 4) is 0 Å². The molecule has 29 heavy (non-hydrogen) atoms. The molecule has 2 heterocycles. The van der Waals surface area contributed by atoms with Crippen LogP contribution in [0.15, 0.2) is 73.2 Å². The van der Waals surface area contributed by atoms with E-state index in [4.69, 9.17) is 0 Å². The maximum Gasteiger partial charge on any atom is 0.227 e. The molecular formula is C24H26N4O. The van der Waals surface area contributed by atoms with E-state index in [-0.39, 0.29) is 5.91 Å². The minimum atomic E-state index is 0.130. The van der Waals surface area contributed by atoms with E-state index in [1.54, 1.807) is 6.20 Å². The molecule has 0 unspecified atom stereocenters. The number of para-hydroxylation sites is 1. The Bertz CT molecular complexity index is 1080. The lowest BCUT2D eigenvalue weighted by molar-refractivity contribution is -0.131. The van der Waals surface area contributed by atoms with Crippen LogP contribution in [-0.4, -0.2) is 31.9 Å². The Kier molecular flexibility index (Phi) is 5.75. The molecule has 5 nitrogen and oxygen atoms in total. The van der Waals surface area contributed by atoms with E-state index < -0.39 is 0 Å². The number of carbonyl (C=O) groups is 1. The fourth-order valence-electron chi connectivity index (χ4n) is 3.68. The van der Waals surface area contributed by atoms with Crippen molar-refractivity contribution in [3.05, 3.63) is 90.1 Å². The van der Waals surface area contributed by atoms with Gasteiger partial charge in [-0.1, -0.05) is 48.5 Å². The largest absolute Gasteiger partial charge is 0.361 e. The summed E-state index contributed by atoms with van der Waals surface area (Å²) in [6, 6.07) is 18.5. The van der Waals surface area contributed by atoms with Crippen LogP contribution in [0.5, 0.6) is 0 Å². The highest BCUT2D eigenvalue weighted by molar-refractivity contribution is 5.88. The summed E-state index contributed by atoms with van der Waals surface area (Å²) in [6.45, 7) is 1.24. The van der Waals surface area contributed by atoms with Gasteiger partial charge in [-0.05, 0) is 30.0 Å². The van der Waals surface area contributed by atoms with Crippen LogP contribution >= 0.6 is 0 Å². The summed E-state index contributed by atoms with van der Waals surface area (Å²) in [6.07, 6.45) is 7.92. The maximum absolute atomic E-state index is 13.2. The first kappa shape index (κ1) is 19.0. The van der Waals surface area contributed by atoms with Crippen molar-refractivity contribution < 1.29 is 4.79 Å². The molecule has 2 aromatic carbocycles. The highest BCUT2D eigenvalue weighted by atomic mass is 16.2. The second kappa shape index (κ2) is 8.78. The molecule has 0 saturated heterocycles. The molecule has 2 aromatic heterocycles. The average molecular weight is 386 g/mol. The van der Waals surface area contributed by atoms with Gasteiger partial charge in [0, 0.05) is 43.1 Å². The van der Waals surface area contributed by atoms with Gasteiger partial charge in [0.15, 0.2) is 0 Å². The molecule has 1 N–H and O–H groups in total. The Morgan fingerprint density at radius 2 is 1.90 bits per heavy atom. The van der Waals surface area contributed by atoms with Gasteiger partial charge in [-0.2, -0.15) is 0 Å². The monoisotopic (exact) mass is 386 g/mol. The first-order valence-electron chi connectivity index (χ1n) is 10.0. The lowest BCUT2D eigenvalue weighted by atomic mass is 10.1. The van der Waals surface area contributed by atoms with Gasteiger partial charge in [0.2, 0.25) is 5.91 Å². The molecule has 1 amide bonds. The lowest BCUT2D eigenvalue weighted by Crippen LogP contribution is -2.34. The van der Waals surface area contributed by atoms with E-state index in [0.29, 0.717) is 19.5 Å². The number of aromatic amines is 1. The molecule has 0 aliphatic heterocycles. The zero-order chi connectivity index (χ0) is 20.1. The molecule has 4 aromatic rings. The van der Waals surface area contributed by atoms with E-state index in [1.165, 1.54) is 5.56 Å². The SMILES string of the molecule is Cn1ccnc1CN(CCCc1ccccc1)C(=O)Cc1c[nH]c2ccccc12. The van der Waals surface area contributed by atoms with Gasteiger partial charge < -0.3 is 14.5 Å². The third-order valence-corrected chi connectivity index (χ3v) is 5.36. The van der Waals surface area contributed by atoms with Gasteiger partial charge in [-0.3, -0.25) is 4.79 Å². The molecule has 0 fully saturated rings. The molecule has 0 aliphatic rings. The highest BCUT2D eigenvalue weighted by Crippen LogP contribution is 2.19. The van der Waals surface area contributed by atoms with Crippen LogP contribution in [0.1, 0.15) is 23.4 Å². The first-order chi connectivity index (χ1) is 14.2. The van der Waals surface area contributed by atoms with Crippen molar-refractivity contribution in [2.45, 2.75) is 25.8 Å². The Labute approximate surface area is 171 Å². The molecule has 4 rings (SSSR count). The van der Waals surface area contributed by atoms with Crippen LogP contribution in [0.3, 0.4) is 0 Å². The fourth-order valence-corrected chi connectivity index (χ4v) is 3.68. The number of fused-ring (bicyclic) bond motifs is 1. The Balaban J connectivity index is 1.47. The minimum Gasteiger partial charge on any atom is -0.361 e. The number of nitrogens with zero attached hydrogens (tertiary/aromatic N) is 3. The van der Waals surface area contributed by atoms with Gasteiger partial charge >= 0.3 is 0 Å². The fraction of sp³-hybridized carbons (Fsp3) is 0.250. The number of hydrogen-bond acceptors (Lipinski definition) is 2. The van der Waals surface area contributed by atoms with Crippen LogP contribution in [0.2, 0.25) is 0 Å². The Morgan fingerprint density at radius 3 is 2.69 bits per heavy atom. The Hall–Kier alpha value is -3.34. The summed E-state index contributed by atoms with van der Waals surface area (Å²) in [5, 5.41) is 1.11. The van der Waals surface area contributed by atoms with Gasteiger partial charge in [-0.25, -0.2) is 4.98 Å². The number of H-pyrrole nitrogens is 1. The van der Waals surface area contributed by atoms with Crippen LogP contribution in [0.4, 0.5) is 0 Å². The highest BCUT2D eigenvalue weighted by Gasteiger charge is 2.18. The van der Waals surface area contributed by atoms with Crippen molar-refractivity contribution in [3.63, 3.8) is 0 Å². The first-order valence-corrected chi connectivity index (χ1v) is 10.0. The lowest BCUT2D eigenvalue weighted by Gasteiger charge is -2.22. The number of nitrogens with one attached hydrogen (secondary N) is 1. The van der Waals surface area contributed by atoms with E-state index >= 15 is 0 Å². The van der Waals surface area contributed by atoms with E-state index in [2.05, 4.69) is 40.3 Å². The standard InChI is InChI=1S/C24H26N4O/c1-27-15-13-25-23(27)18-28(14-7-10-19-8-3-2-4-9-19)24(29)16-20-17-26-22-12-6-5-11-21(20)22/h2-6,8-9,11-13,15,17,26H,7,10,14,16,18H2,1H3. The number of rotatable bonds is 8. The molecule has 0 radical (unpaired) electrons. The summed E-state index contributed by atoms with van der Waals surface area (Å²) in [5.41, 5.74) is 3.40. The van der Waals surface area contributed by atoms with Crippen molar-refractivity contribution in [1.29, 1.82) is 0 Å². The number of aromatic nitrogens is 3. The van der Waals surface area contributed by atoms with Crippen molar-refractivity contribution in [2.24, 2.45) is 7.05 Å². The summed E-state index contributed by atoms with van der Waals surface area (Å²) >= 11 is 0. The number of imidazole rings is 1. The number of aryl methyl sites for hydroxylation is 2. The number of benzene rings is 2. The third-order valence-electron chi connectivity index (χ3n) is 5.36. The molecule has 0 aliphatic carbocycles. The molecule has 0 saturated carbocycles. The van der Waals surface area contributed by atoms with E-state index in [9.17, 15) is 4.79 Å². The predicted molar refractivity (Wildman–Crippen MR) is 115 cm³/mol. The Morgan fingerprint density at radius 1 is 1.10 bits per heavy atom. The summed E-state index contributed by atoms with van der Waals surface area (Å²) < 4.78 is 1.98. The van der Waals surface area contributed by atoms with Crippen LogP contribution in [0, 0.1) is 0 Å². The maximum atomic E-state index is 13.2. The summed E-state index contributed by atoms with van der Waals surface area (Å²) in [5.74, 6) is 1.03. The zero-order valence-corrected chi connectivity index (χ0v) is 16.7. The second-order valence-corrected chi connectivity index (χ2v) is 7.40. The topological polar surface area (TPSA) is 53.9 Å². The van der Waals surface area contributed by atoms with Gasteiger partial charge in [-0.15, -0.1) is 0 Å².